The van der Waals surface area contributed by atoms with Crippen molar-refractivity contribution in [1.82, 2.24) is 0 Å². The summed E-state index contributed by atoms with van der Waals surface area (Å²) >= 11 is 0. The maximum absolute atomic E-state index is 8.55. The molecule has 4 unspecified atom stereocenters. The minimum absolute atomic E-state index is 0. The van der Waals surface area contributed by atoms with Crippen LogP contribution in [0.1, 0.15) is 107 Å². The van der Waals surface area contributed by atoms with Crippen molar-refractivity contribution in [2.45, 2.75) is 131 Å². The molecule has 0 aromatic heterocycles. The molecule has 4 N–H and O–H groups in total. The number of aliphatic hydroxyl groups is 4. The molecule has 0 amide bonds. The first-order chi connectivity index (χ1) is 11.1. The van der Waals surface area contributed by atoms with E-state index in [1.807, 2.05) is 27.7 Å². The second kappa shape index (κ2) is 32.2. The molecule has 4 atom stereocenters. The third-order valence-corrected chi connectivity index (χ3v) is 2.83. The van der Waals surface area contributed by atoms with E-state index >= 15 is 0 Å². The van der Waals surface area contributed by atoms with Gasteiger partial charge in [-0.15, -0.1) is 0 Å². The van der Waals surface area contributed by atoms with Crippen molar-refractivity contribution in [1.29, 1.82) is 0 Å². The molecular formula is C20H48O4Ti. The average molecular weight is 400 g/mol. The maximum atomic E-state index is 8.55. The van der Waals surface area contributed by atoms with Gasteiger partial charge >= 0.3 is 0 Å². The first kappa shape index (κ1) is 36.5. The van der Waals surface area contributed by atoms with Gasteiger partial charge in [-0.3, -0.25) is 0 Å². The van der Waals surface area contributed by atoms with E-state index in [9.17, 15) is 0 Å². The van der Waals surface area contributed by atoms with E-state index in [-0.39, 0.29) is 46.1 Å². The van der Waals surface area contributed by atoms with Gasteiger partial charge in [-0.1, -0.05) is 53.4 Å². The van der Waals surface area contributed by atoms with E-state index in [1.54, 1.807) is 0 Å². The van der Waals surface area contributed by atoms with Crippen LogP contribution in [-0.2, 0) is 21.7 Å². The van der Waals surface area contributed by atoms with Crippen LogP contribution < -0.4 is 0 Å². The van der Waals surface area contributed by atoms with Crippen LogP contribution in [0.25, 0.3) is 0 Å². The Morgan fingerprint density at radius 3 is 0.560 bits per heavy atom. The van der Waals surface area contributed by atoms with Crippen molar-refractivity contribution >= 4 is 0 Å². The fourth-order valence-corrected chi connectivity index (χ4v) is 1.67. The van der Waals surface area contributed by atoms with Crippen LogP contribution >= 0.6 is 0 Å². The molecule has 0 rings (SSSR count). The van der Waals surface area contributed by atoms with Crippen molar-refractivity contribution in [3.05, 3.63) is 0 Å². The van der Waals surface area contributed by atoms with Gasteiger partial charge in [0.1, 0.15) is 0 Å². The Bertz CT molecular complexity index is 147. The van der Waals surface area contributed by atoms with Gasteiger partial charge < -0.3 is 20.4 Å². The van der Waals surface area contributed by atoms with E-state index in [0.29, 0.717) is 0 Å². The SMILES string of the molecule is CCCC(C)O.CCCC(C)O.CCCC(C)O.CCCC(C)O.[Ti]. The van der Waals surface area contributed by atoms with Gasteiger partial charge in [0.2, 0.25) is 0 Å². The molecule has 4 nitrogen and oxygen atoms in total. The van der Waals surface area contributed by atoms with Gasteiger partial charge in [-0.05, 0) is 53.4 Å². The van der Waals surface area contributed by atoms with Gasteiger partial charge in [0.05, 0.1) is 24.4 Å². The van der Waals surface area contributed by atoms with Crippen molar-refractivity contribution in [3.8, 4) is 0 Å². The van der Waals surface area contributed by atoms with Crippen LogP contribution in [0.4, 0.5) is 0 Å². The van der Waals surface area contributed by atoms with E-state index in [0.717, 1.165) is 51.4 Å². The molecule has 0 saturated carbocycles. The molecule has 0 bridgehead atoms. The van der Waals surface area contributed by atoms with Crippen molar-refractivity contribution in [2.75, 3.05) is 0 Å². The number of hydrogen-bond donors (Lipinski definition) is 4. The molecule has 0 radical (unpaired) electrons. The molecule has 0 heterocycles. The molecular weight excluding hydrogens is 352 g/mol. The second-order valence-electron chi connectivity index (χ2n) is 6.55. The summed E-state index contributed by atoms with van der Waals surface area (Å²) in [6.07, 6.45) is 7.64. The molecule has 0 aromatic rings. The topological polar surface area (TPSA) is 80.9 Å². The van der Waals surface area contributed by atoms with Crippen molar-refractivity contribution < 1.29 is 42.1 Å². The Kier molecular flexibility index (Phi) is 47.0. The molecule has 0 aromatic carbocycles. The van der Waals surface area contributed by atoms with Gasteiger partial charge in [-0.2, -0.15) is 0 Å². The molecule has 0 aliphatic heterocycles. The zero-order valence-corrected chi connectivity index (χ0v) is 19.8. The van der Waals surface area contributed by atoms with E-state index in [1.165, 1.54) is 0 Å². The summed E-state index contributed by atoms with van der Waals surface area (Å²) < 4.78 is 0. The Morgan fingerprint density at radius 2 is 0.560 bits per heavy atom. The van der Waals surface area contributed by atoms with Crippen molar-refractivity contribution in [3.63, 3.8) is 0 Å². The van der Waals surface area contributed by atoms with E-state index in [4.69, 9.17) is 20.4 Å². The van der Waals surface area contributed by atoms with Gasteiger partial charge in [0.15, 0.2) is 0 Å². The standard InChI is InChI=1S/4C5H12O.Ti/c4*1-3-4-5(2)6;/h4*5-6H,3-4H2,1-2H3;. The quantitative estimate of drug-likeness (QED) is 0.447. The number of rotatable bonds is 8. The Balaban J connectivity index is -0.0000000702. The van der Waals surface area contributed by atoms with E-state index in [2.05, 4.69) is 27.7 Å². The average Bonchev–Trinajstić information content (AvgIpc) is 2.39. The second-order valence-corrected chi connectivity index (χ2v) is 6.55. The minimum atomic E-state index is -0.102. The summed E-state index contributed by atoms with van der Waals surface area (Å²) in [5, 5.41) is 34.2. The Hall–Kier alpha value is 0.554. The number of aliphatic hydroxyl groups excluding tert-OH is 4. The first-order valence-electron chi connectivity index (χ1n) is 9.80. The Morgan fingerprint density at radius 1 is 0.440 bits per heavy atom. The van der Waals surface area contributed by atoms with Crippen LogP contribution in [0.3, 0.4) is 0 Å². The summed E-state index contributed by atoms with van der Waals surface area (Å²) in [5.74, 6) is 0. The molecule has 0 fully saturated rings. The third kappa shape index (κ3) is 79.3. The zero-order valence-electron chi connectivity index (χ0n) is 18.3. The minimum Gasteiger partial charge on any atom is -0.393 e. The smallest absolute Gasteiger partial charge is 0.0512 e. The fraction of sp³-hybridized carbons (Fsp3) is 1.00. The van der Waals surface area contributed by atoms with Crippen LogP contribution in [0.2, 0.25) is 0 Å². The molecule has 0 saturated heterocycles. The fourth-order valence-electron chi connectivity index (χ4n) is 1.67. The molecule has 0 spiro atoms. The summed E-state index contributed by atoms with van der Waals surface area (Å²) in [5.41, 5.74) is 0. The first-order valence-corrected chi connectivity index (χ1v) is 9.80. The molecule has 5 heteroatoms. The van der Waals surface area contributed by atoms with E-state index < -0.39 is 0 Å². The summed E-state index contributed by atoms with van der Waals surface area (Å²) in [6.45, 7) is 15.5. The summed E-state index contributed by atoms with van der Waals surface area (Å²) in [4.78, 5) is 0. The Labute approximate surface area is 173 Å². The molecule has 156 valence electrons. The van der Waals surface area contributed by atoms with Gasteiger partial charge in [0.25, 0.3) is 0 Å². The molecule has 0 aliphatic carbocycles. The zero-order chi connectivity index (χ0) is 20.0. The largest absolute Gasteiger partial charge is 0.393 e. The van der Waals surface area contributed by atoms with Gasteiger partial charge in [0, 0.05) is 21.7 Å². The summed E-state index contributed by atoms with van der Waals surface area (Å²) in [6, 6.07) is 0. The maximum Gasteiger partial charge on any atom is 0.0512 e. The predicted molar refractivity (Wildman–Crippen MR) is 106 cm³/mol. The summed E-state index contributed by atoms with van der Waals surface area (Å²) in [7, 11) is 0. The molecule has 25 heavy (non-hydrogen) atoms. The van der Waals surface area contributed by atoms with Crippen molar-refractivity contribution in [2.24, 2.45) is 0 Å². The predicted octanol–water partition coefficient (Wildman–Crippen LogP) is 4.67. The van der Waals surface area contributed by atoms with Gasteiger partial charge in [-0.25, -0.2) is 0 Å². The van der Waals surface area contributed by atoms with Crippen LogP contribution in [0, 0.1) is 0 Å². The van der Waals surface area contributed by atoms with Crippen LogP contribution in [0.5, 0.6) is 0 Å². The molecule has 0 aliphatic rings. The normalized spacial score (nSPS) is 13.9. The van der Waals surface area contributed by atoms with Crippen LogP contribution in [-0.4, -0.2) is 44.8 Å². The third-order valence-electron chi connectivity index (χ3n) is 2.83. The van der Waals surface area contributed by atoms with Crippen LogP contribution in [0.15, 0.2) is 0 Å². The monoisotopic (exact) mass is 400 g/mol. The number of hydrogen-bond acceptors (Lipinski definition) is 4.